The highest BCUT2D eigenvalue weighted by atomic mass is 19.4. The maximum absolute atomic E-state index is 14.1. The maximum atomic E-state index is 14.1. The lowest BCUT2D eigenvalue weighted by Gasteiger charge is -2.35. The van der Waals surface area contributed by atoms with Crippen LogP contribution in [0.4, 0.5) is 13.2 Å². The first-order valence-electron chi connectivity index (χ1n) is 15.8. The van der Waals surface area contributed by atoms with Gasteiger partial charge in [-0.15, -0.1) is 0 Å². The second-order valence-electron chi connectivity index (χ2n) is 12.7. The number of halogens is 3. The van der Waals surface area contributed by atoms with Gasteiger partial charge in [-0.1, -0.05) is 6.07 Å². The fourth-order valence-corrected chi connectivity index (χ4v) is 6.54. The third-order valence-electron chi connectivity index (χ3n) is 9.39. The molecule has 10 nitrogen and oxygen atoms in total. The Kier molecular flexibility index (Phi) is 8.09. The van der Waals surface area contributed by atoms with Crippen LogP contribution in [0.25, 0.3) is 11.0 Å². The predicted molar refractivity (Wildman–Crippen MR) is 165 cm³/mol. The summed E-state index contributed by atoms with van der Waals surface area (Å²) in [6.45, 7) is 4.23. The highest BCUT2D eigenvalue weighted by Crippen LogP contribution is 2.39. The Morgan fingerprint density at radius 1 is 1.13 bits per heavy atom. The monoisotopic (exact) mass is 651 g/mol. The number of hydrogen-bond donors (Lipinski definition) is 2. The normalized spacial score (nSPS) is 20.1. The Morgan fingerprint density at radius 3 is 2.64 bits per heavy atom. The van der Waals surface area contributed by atoms with E-state index >= 15 is 0 Å². The second-order valence-corrected chi connectivity index (χ2v) is 12.7. The fraction of sp³-hybridized carbons (Fsp3) is 0.441. The molecule has 2 saturated heterocycles. The lowest BCUT2D eigenvalue weighted by atomic mass is 9.92. The Labute approximate surface area is 269 Å². The van der Waals surface area contributed by atoms with Crippen LogP contribution in [0, 0.1) is 0 Å². The molecule has 47 heavy (non-hydrogen) atoms. The number of benzene rings is 1. The quantitative estimate of drug-likeness (QED) is 0.282. The summed E-state index contributed by atoms with van der Waals surface area (Å²) < 4.78 is 59.4. The van der Waals surface area contributed by atoms with Crippen molar-refractivity contribution in [3.63, 3.8) is 0 Å². The van der Waals surface area contributed by atoms with Gasteiger partial charge in [0.25, 0.3) is 0 Å². The summed E-state index contributed by atoms with van der Waals surface area (Å²) >= 11 is 0. The van der Waals surface area contributed by atoms with Crippen LogP contribution in [0.5, 0.6) is 17.4 Å². The molecule has 6 heterocycles. The number of likely N-dealkylation sites (tertiary alicyclic amines) is 1. The Balaban J connectivity index is 1.07. The van der Waals surface area contributed by atoms with Crippen molar-refractivity contribution in [1.82, 2.24) is 24.8 Å². The summed E-state index contributed by atoms with van der Waals surface area (Å²) in [7, 11) is 1.97. The van der Waals surface area contributed by atoms with Crippen LogP contribution >= 0.6 is 0 Å². The van der Waals surface area contributed by atoms with Crippen LogP contribution in [0.3, 0.4) is 0 Å². The van der Waals surface area contributed by atoms with Gasteiger partial charge in [-0.2, -0.15) is 13.2 Å². The average molecular weight is 652 g/mol. The SMILES string of the molecule is C[C@H]1c2cc(Oc3ccnc4[nH]c(C5(O)COC5)cc34)ccc2CCN1C(=O)Cc1cnc(OC2CCN(C)CC2)c(C(F)(F)F)c1. The fourth-order valence-electron chi connectivity index (χ4n) is 6.54. The summed E-state index contributed by atoms with van der Waals surface area (Å²) in [5, 5.41) is 11.4. The molecule has 1 atom stereocenters. The van der Waals surface area contributed by atoms with Crippen molar-refractivity contribution in [3.8, 4) is 17.4 Å². The smallest absolute Gasteiger partial charge is 0.421 e. The van der Waals surface area contributed by atoms with Crippen molar-refractivity contribution >= 4 is 16.9 Å². The number of aliphatic hydroxyl groups is 1. The van der Waals surface area contributed by atoms with E-state index in [1.165, 1.54) is 6.20 Å². The number of nitrogens with one attached hydrogen (secondary N) is 1. The zero-order valence-corrected chi connectivity index (χ0v) is 26.1. The second kappa shape index (κ2) is 12.1. The van der Waals surface area contributed by atoms with Crippen LogP contribution in [0.1, 0.15) is 53.8 Å². The van der Waals surface area contributed by atoms with Gasteiger partial charge in [-0.05, 0) is 80.3 Å². The first-order chi connectivity index (χ1) is 22.5. The number of carbonyl (C=O) groups excluding carboxylic acids is 1. The molecule has 3 aromatic heterocycles. The molecule has 0 bridgehead atoms. The van der Waals surface area contributed by atoms with Gasteiger partial charge >= 0.3 is 6.18 Å². The molecule has 13 heteroatoms. The lowest BCUT2D eigenvalue weighted by Crippen LogP contribution is -2.46. The maximum Gasteiger partial charge on any atom is 0.421 e. The van der Waals surface area contributed by atoms with E-state index in [0.717, 1.165) is 30.3 Å². The molecular weight excluding hydrogens is 615 g/mol. The van der Waals surface area contributed by atoms with Crippen molar-refractivity contribution in [1.29, 1.82) is 0 Å². The largest absolute Gasteiger partial charge is 0.474 e. The van der Waals surface area contributed by atoms with E-state index in [-0.39, 0.29) is 43.3 Å². The molecular formula is C34H36F3N5O5. The van der Waals surface area contributed by atoms with Gasteiger partial charge in [0.05, 0.1) is 36.8 Å². The molecule has 2 fully saturated rings. The van der Waals surface area contributed by atoms with Crippen LogP contribution in [-0.4, -0.2) is 81.8 Å². The first kappa shape index (κ1) is 31.4. The number of alkyl halides is 3. The molecule has 3 aliphatic heterocycles. The van der Waals surface area contributed by atoms with E-state index in [9.17, 15) is 23.1 Å². The molecule has 0 saturated carbocycles. The third-order valence-corrected chi connectivity index (χ3v) is 9.39. The summed E-state index contributed by atoms with van der Waals surface area (Å²) in [4.78, 5) is 28.9. The molecule has 3 aliphatic rings. The number of aromatic nitrogens is 3. The minimum atomic E-state index is -4.67. The minimum absolute atomic E-state index is 0.179. The highest BCUT2D eigenvalue weighted by molar-refractivity contribution is 5.84. The van der Waals surface area contributed by atoms with Gasteiger partial charge in [-0.3, -0.25) is 4.79 Å². The van der Waals surface area contributed by atoms with Crippen molar-refractivity contribution in [2.24, 2.45) is 0 Å². The number of ether oxygens (including phenoxy) is 3. The number of piperidine rings is 1. The van der Waals surface area contributed by atoms with E-state index in [4.69, 9.17) is 14.2 Å². The molecule has 0 spiro atoms. The number of H-pyrrole nitrogens is 1. The van der Waals surface area contributed by atoms with Crippen molar-refractivity contribution < 1.29 is 37.3 Å². The summed E-state index contributed by atoms with van der Waals surface area (Å²) in [5.41, 5.74) is 1.29. The molecule has 4 aromatic rings. The third kappa shape index (κ3) is 6.27. The Hall–Kier alpha value is -4.20. The number of pyridine rings is 2. The number of hydrogen-bond acceptors (Lipinski definition) is 8. The molecule has 7 rings (SSSR count). The van der Waals surface area contributed by atoms with Gasteiger partial charge in [0.2, 0.25) is 11.8 Å². The molecule has 0 aliphatic carbocycles. The van der Waals surface area contributed by atoms with E-state index in [0.29, 0.717) is 54.0 Å². The van der Waals surface area contributed by atoms with E-state index in [1.54, 1.807) is 17.2 Å². The molecule has 248 valence electrons. The number of fused-ring (bicyclic) bond motifs is 2. The van der Waals surface area contributed by atoms with Crippen molar-refractivity contribution in [2.75, 3.05) is 39.9 Å². The highest BCUT2D eigenvalue weighted by Gasteiger charge is 2.40. The molecule has 0 radical (unpaired) electrons. The zero-order chi connectivity index (χ0) is 32.9. The summed E-state index contributed by atoms with van der Waals surface area (Å²) in [6.07, 6.45) is -0.458. The predicted octanol–water partition coefficient (Wildman–Crippen LogP) is 5.15. The molecule has 1 aromatic carbocycles. The number of nitrogens with zero attached hydrogens (tertiary/aromatic N) is 4. The van der Waals surface area contributed by atoms with E-state index in [2.05, 4.69) is 19.9 Å². The topological polar surface area (TPSA) is 113 Å². The van der Waals surface area contributed by atoms with Crippen LogP contribution in [0.2, 0.25) is 0 Å². The number of amides is 1. The van der Waals surface area contributed by atoms with Gasteiger partial charge in [-0.25, -0.2) is 9.97 Å². The zero-order valence-electron chi connectivity index (χ0n) is 26.1. The van der Waals surface area contributed by atoms with Crippen molar-refractivity contribution in [3.05, 3.63) is 76.7 Å². The summed E-state index contributed by atoms with van der Waals surface area (Å²) in [6, 6.07) is 9.95. The van der Waals surface area contributed by atoms with Gasteiger partial charge in [0, 0.05) is 32.0 Å². The van der Waals surface area contributed by atoms with Crippen molar-refractivity contribution in [2.45, 2.75) is 56.5 Å². The average Bonchev–Trinajstić information content (AvgIpc) is 3.47. The number of rotatable bonds is 7. The van der Waals surface area contributed by atoms with Gasteiger partial charge < -0.3 is 34.1 Å². The van der Waals surface area contributed by atoms with Crippen LogP contribution in [-0.2, 0) is 34.2 Å². The standard InChI is InChI=1S/C34H36F3N5O5/c1-20-25-15-24(46-28-5-9-38-31-26(28)16-29(40-31)33(44)18-45-19-33)4-3-22(25)6-12-42(20)30(43)14-21-13-27(34(35,36)37)32(39-17-21)47-23-7-10-41(2)11-8-23/h3-5,9,13,15-17,20,23,44H,6-8,10-12,14,18-19H2,1-2H3,(H,38,40)/t20-/m0/s1. The Bertz CT molecular complexity index is 1800. The van der Waals surface area contributed by atoms with E-state index in [1.807, 2.05) is 38.2 Å². The lowest BCUT2D eigenvalue weighted by molar-refractivity contribution is -0.186. The number of aromatic amines is 1. The first-order valence-corrected chi connectivity index (χ1v) is 15.8. The molecule has 1 amide bonds. The van der Waals surface area contributed by atoms with Crippen LogP contribution in [0.15, 0.2) is 48.8 Å². The van der Waals surface area contributed by atoms with E-state index < -0.39 is 23.2 Å². The van der Waals surface area contributed by atoms with Gasteiger partial charge in [0.1, 0.15) is 28.8 Å². The summed E-state index contributed by atoms with van der Waals surface area (Å²) in [5.74, 6) is 0.382. The molecule has 0 unspecified atom stereocenters. The molecule has 2 N–H and O–H groups in total. The number of carbonyl (C=O) groups is 1. The minimum Gasteiger partial charge on any atom is -0.474 e. The Morgan fingerprint density at radius 2 is 1.91 bits per heavy atom. The van der Waals surface area contributed by atoms with Gasteiger partial charge in [0.15, 0.2) is 5.60 Å². The van der Waals surface area contributed by atoms with Crippen LogP contribution < -0.4 is 9.47 Å².